The van der Waals surface area contributed by atoms with E-state index in [0.717, 1.165) is 6.07 Å². The summed E-state index contributed by atoms with van der Waals surface area (Å²) in [4.78, 5) is 23.8. The summed E-state index contributed by atoms with van der Waals surface area (Å²) in [5, 5.41) is 11.1. The second kappa shape index (κ2) is 9.99. The van der Waals surface area contributed by atoms with E-state index in [-0.39, 0.29) is 36.1 Å². The lowest BCUT2D eigenvalue weighted by molar-refractivity contribution is 0.0499. The molecular weight excluding hydrogens is 385 g/mol. The fourth-order valence-corrected chi connectivity index (χ4v) is 3.59. The highest BCUT2D eigenvalue weighted by atomic mass is 28.4. The standard InChI is InChI=1S/C19H30FNO6Si/c1-19(2,3)28(5,6)27-14(11-21-18(23)24)10-16(22)15-9-13(20)7-8-17(15)26-12-25-4/h7-9,14,21H,10-12H2,1-6H3,(H,23,24)/t14-/m1/s1. The Kier molecular flexibility index (Phi) is 8.59. The minimum absolute atomic E-state index is 0.0445. The van der Waals surface area contributed by atoms with E-state index in [2.05, 4.69) is 5.32 Å². The molecule has 28 heavy (non-hydrogen) atoms. The molecule has 0 aromatic heterocycles. The number of methoxy groups -OCH3 is 1. The van der Waals surface area contributed by atoms with Gasteiger partial charge in [-0.1, -0.05) is 20.8 Å². The SMILES string of the molecule is COCOc1ccc(F)cc1C(=O)C[C@H](CNC(=O)O)O[Si](C)(C)C(C)(C)C. The molecule has 7 nitrogen and oxygen atoms in total. The van der Waals surface area contributed by atoms with Crippen LogP contribution in [0.1, 0.15) is 37.6 Å². The van der Waals surface area contributed by atoms with Crippen molar-refractivity contribution < 1.29 is 33.0 Å². The van der Waals surface area contributed by atoms with Gasteiger partial charge in [0, 0.05) is 20.1 Å². The molecule has 0 heterocycles. The molecule has 0 fully saturated rings. The number of Topliss-reactive ketones (excluding diaryl/α,β-unsaturated/α-hetero) is 1. The molecule has 158 valence electrons. The van der Waals surface area contributed by atoms with Gasteiger partial charge in [0.25, 0.3) is 0 Å². The number of carboxylic acid groups (broad SMARTS) is 1. The molecule has 1 aromatic rings. The number of carbonyl (C=O) groups is 2. The summed E-state index contributed by atoms with van der Waals surface area (Å²) in [6, 6.07) is 3.65. The normalized spacial score (nSPS) is 13.1. The van der Waals surface area contributed by atoms with E-state index in [0.29, 0.717) is 0 Å². The summed E-state index contributed by atoms with van der Waals surface area (Å²) in [5.74, 6) is -0.773. The Bertz CT molecular complexity index is 689. The lowest BCUT2D eigenvalue weighted by Gasteiger charge is -2.39. The van der Waals surface area contributed by atoms with E-state index in [1.165, 1.54) is 19.2 Å². The molecule has 0 aliphatic heterocycles. The van der Waals surface area contributed by atoms with Gasteiger partial charge in [-0.15, -0.1) is 0 Å². The summed E-state index contributed by atoms with van der Waals surface area (Å²) in [5.41, 5.74) is 0.0659. The van der Waals surface area contributed by atoms with E-state index < -0.39 is 32.1 Å². The van der Waals surface area contributed by atoms with Crippen molar-refractivity contribution in [3.8, 4) is 5.75 Å². The van der Waals surface area contributed by atoms with E-state index in [4.69, 9.17) is 19.0 Å². The Morgan fingerprint density at radius 1 is 1.29 bits per heavy atom. The number of rotatable bonds is 10. The molecule has 0 unspecified atom stereocenters. The summed E-state index contributed by atoms with van der Waals surface area (Å²) in [6.07, 6.45) is -1.99. The van der Waals surface area contributed by atoms with E-state index in [1.54, 1.807) is 0 Å². The van der Waals surface area contributed by atoms with Crippen LogP contribution in [0.2, 0.25) is 18.1 Å². The zero-order chi connectivity index (χ0) is 21.5. The third-order valence-electron chi connectivity index (χ3n) is 4.74. The van der Waals surface area contributed by atoms with Gasteiger partial charge in [-0.2, -0.15) is 0 Å². The number of ether oxygens (including phenoxy) is 2. The van der Waals surface area contributed by atoms with Crippen LogP contribution in [0.25, 0.3) is 0 Å². The van der Waals surface area contributed by atoms with Crippen molar-refractivity contribution in [2.75, 3.05) is 20.4 Å². The second-order valence-corrected chi connectivity index (χ2v) is 12.8. The van der Waals surface area contributed by atoms with Crippen LogP contribution in [-0.4, -0.2) is 51.9 Å². The third kappa shape index (κ3) is 7.21. The topological polar surface area (TPSA) is 94.1 Å². The number of amides is 1. The molecule has 1 amide bonds. The maximum atomic E-state index is 13.7. The average molecular weight is 416 g/mol. The van der Waals surface area contributed by atoms with E-state index in [9.17, 15) is 14.0 Å². The molecule has 0 aliphatic carbocycles. The van der Waals surface area contributed by atoms with Gasteiger partial charge in [-0.05, 0) is 36.3 Å². The predicted molar refractivity (Wildman–Crippen MR) is 106 cm³/mol. The average Bonchev–Trinajstić information content (AvgIpc) is 2.57. The molecule has 1 atom stereocenters. The highest BCUT2D eigenvalue weighted by molar-refractivity contribution is 6.74. The monoisotopic (exact) mass is 415 g/mol. The van der Waals surface area contributed by atoms with Crippen molar-refractivity contribution in [1.29, 1.82) is 0 Å². The van der Waals surface area contributed by atoms with Crippen molar-refractivity contribution in [3.63, 3.8) is 0 Å². The first-order valence-electron chi connectivity index (χ1n) is 8.96. The quantitative estimate of drug-likeness (QED) is 0.340. The Hall–Kier alpha value is -1.97. The van der Waals surface area contributed by atoms with Crippen LogP contribution in [0.3, 0.4) is 0 Å². The van der Waals surface area contributed by atoms with Crippen LogP contribution in [0, 0.1) is 5.82 Å². The molecule has 0 saturated heterocycles. The van der Waals surface area contributed by atoms with Gasteiger partial charge in [0.2, 0.25) is 0 Å². The largest absolute Gasteiger partial charge is 0.467 e. The first-order chi connectivity index (χ1) is 12.9. The zero-order valence-electron chi connectivity index (χ0n) is 17.3. The molecule has 0 saturated carbocycles. The predicted octanol–water partition coefficient (Wildman–Crippen LogP) is 4.04. The third-order valence-corrected chi connectivity index (χ3v) is 9.27. The second-order valence-electron chi connectivity index (χ2n) is 8.00. The molecule has 0 radical (unpaired) electrons. The zero-order valence-corrected chi connectivity index (χ0v) is 18.3. The van der Waals surface area contributed by atoms with Gasteiger partial charge in [0.1, 0.15) is 11.6 Å². The van der Waals surface area contributed by atoms with Crippen molar-refractivity contribution in [1.82, 2.24) is 5.32 Å². The molecule has 0 aliphatic rings. The first-order valence-corrected chi connectivity index (χ1v) is 11.9. The molecule has 9 heteroatoms. The molecule has 0 bridgehead atoms. The Labute approximate surface area is 166 Å². The maximum absolute atomic E-state index is 13.7. The number of ketones is 1. The number of nitrogens with one attached hydrogen (secondary N) is 1. The summed E-state index contributed by atoms with van der Waals surface area (Å²) in [6.45, 7) is 10.0. The van der Waals surface area contributed by atoms with E-state index >= 15 is 0 Å². The van der Waals surface area contributed by atoms with Crippen LogP contribution >= 0.6 is 0 Å². The highest BCUT2D eigenvalue weighted by Gasteiger charge is 2.39. The highest BCUT2D eigenvalue weighted by Crippen LogP contribution is 2.37. The molecular formula is C19H30FNO6Si. The number of carbonyl (C=O) groups excluding carboxylic acids is 1. The number of halogens is 1. The van der Waals surface area contributed by atoms with Gasteiger partial charge in [0.05, 0.1) is 11.7 Å². The van der Waals surface area contributed by atoms with Crippen molar-refractivity contribution >= 4 is 20.2 Å². The number of benzene rings is 1. The van der Waals surface area contributed by atoms with E-state index in [1.807, 2.05) is 33.9 Å². The summed E-state index contributed by atoms with van der Waals surface area (Å²) >= 11 is 0. The first kappa shape index (κ1) is 24.1. The van der Waals surface area contributed by atoms with Gasteiger partial charge in [-0.25, -0.2) is 9.18 Å². The lowest BCUT2D eigenvalue weighted by atomic mass is 10.0. The minimum atomic E-state index is -2.26. The Morgan fingerprint density at radius 2 is 1.93 bits per heavy atom. The summed E-state index contributed by atoms with van der Waals surface area (Å²) in [7, 11) is -0.828. The smallest absolute Gasteiger partial charge is 0.404 e. The number of hydrogen-bond donors (Lipinski definition) is 2. The van der Waals surface area contributed by atoms with Crippen LogP contribution in [0.5, 0.6) is 5.75 Å². The fourth-order valence-electron chi connectivity index (χ4n) is 2.24. The van der Waals surface area contributed by atoms with Crippen LogP contribution in [0.15, 0.2) is 18.2 Å². The molecule has 2 N–H and O–H groups in total. The van der Waals surface area contributed by atoms with Gasteiger partial charge < -0.3 is 24.3 Å². The minimum Gasteiger partial charge on any atom is -0.467 e. The Morgan fingerprint density at radius 3 is 2.46 bits per heavy atom. The summed E-state index contributed by atoms with van der Waals surface area (Å²) < 4.78 is 30.1. The molecule has 1 rings (SSSR count). The number of hydrogen-bond acceptors (Lipinski definition) is 5. The maximum Gasteiger partial charge on any atom is 0.404 e. The van der Waals surface area contributed by atoms with Crippen LogP contribution in [0.4, 0.5) is 9.18 Å². The van der Waals surface area contributed by atoms with Gasteiger partial charge >= 0.3 is 6.09 Å². The van der Waals surface area contributed by atoms with Crippen molar-refractivity contribution in [2.45, 2.75) is 51.4 Å². The van der Waals surface area contributed by atoms with Crippen LogP contribution in [-0.2, 0) is 9.16 Å². The Balaban J connectivity index is 3.06. The van der Waals surface area contributed by atoms with Crippen molar-refractivity contribution in [2.24, 2.45) is 0 Å². The van der Waals surface area contributed by atoms with Gasteiger partial charge in [0.15, 0.2) is 20.9 Å². The van der Waals surface area contributed by atoms with Gasteiger partial charge in [-0.3, -0.25) is 4.79 Å². The molecule has 1 aromatic carbocycles. The molecule has 0 spiro atoms. The van der Waals surface area contributed by atoms with Crippen molar-refractivity contribution in [3.05, 3.63) is 29.6 Å². The fraction of sp³-hybridized carbons (Fsp3) is 0.579. The van der Waals surface area contributed by atoms with Crippen LogP contribution < -0.4 is 10.1 Å². The lowest BCUT2D eigenvalue weighted by Crippen LogP contribution is -2.47.